The molecule has 82 valence electrons. The van der Waals surface area contributed by atoms with Gasteiger partial charge in [-0.25, -0.2) is 0 Å². The molecule has 0 radical (unpaired) electrons. The van der Waals surface area contributed by atoms with Crippen LogP contribution in [0.2, 0.25) is 0 Å². The monoisotopic (exact) mass is 311 g/mol. The van der Waals surface area contributed by atoms with E-state index < -0.39 is 20.8 Å². The molecule has 0 saturated carbocycles. The molecule has 0 nitrogen and oxygen atoms in total. The zero-order valence-corrected chi connectivity index (χ0v) is 13.8. The van der Waals surface area contributed by atoms with Crippen LogP contribution in [-0.2, 0) is 20.8 Å². The number of hydrogen-bond donors (Lipinski definition) is 0. The van der Waals surface area contributed by atoms with Gasteiger partial charge in [-0.15, -0.1) is 0 Å². The Bertz CT molecular complexity index is 218. The van der Waals surface area contributed by atoms with Gasteiger partial charge >= 0.3 is 37.9 Å². The molecule has 0 unspecified atom stereocenters. The summed E-state index contributed by atoms with van der Waals surface area (Å²) in [5.41, 5.74) is 6.11. The molecular weight excluding hydrogens is 294 g/mol. The summed E-state index contributed by atoms with van der Waals surface area (Å²) in [6.45, 7) is 11.2. The van der Waals surface area contributed by atoms with E-state index >= 15 is 0 Å². The molecule has 0 aromatic carbocycles. The van der Waals surface area contributed by atoms with Crippen LogP contribution in [0.15, 0.2) is 22.3 Å². The van der Waals surface area contributed by atoms with Crippen molar-refractivity contribution in [3.05, 3.63) is 29.7 Å². The molecule has 0 fully saturated rings. The van der Waals surface area contributed by atoms with Crippen LogP contribution >= 0.6 is 17.0 Å². The predicted molar refractivity (Wildman–Crippen MR) is 64.0 cm³/mol. The molecule has 1 rings (SSSR count). The van der Waals surface area contributed by atoms with Crippen LogP contribution in [0, 0.1) is 13.3 Å². The molecule has 0 saturated heterocycles. The van der Waals surface area contributed by atoms with Gasteiger partial charge in [-0.05, 0) is 44.8 Å². The average molecular weight is 313 g/mol. The van der Waals surface area contributed by atoms with Crippen LogP contribution in [0.25, 0.3) is 0 Å². The minimum absolute atomic E-state index is 0. The fourth-order valence-corrected chi connectivity index (χ4v) is 1.57. The van der Waals surface area contributed by atoms with Gasteiger partial charge in [-0.3, -0.25) is 0 Å². The van der Waals surface area contributed by atoms with Crippen LogP contribution < -0.4 is 0 Å². The molecule has 0 atom stereocenters. The van der Waals surface area contributed by atoms with Gasteiger partial charge in [-0.2, -0.15) is 0 Å². The molecule has 0 aromatic rings. The number of halogens is 2. The maximum absolute atomic E-state index is 4.93. The van der Waals surface area contributed by atoms with Crippen molar-refractivity contribution in [2.45, 2.75) is 34.6 Å². The second kappa shape index (κ2) is 8.14. The Morgan fingerprint density at radius 1 is 0.929 bits per heavy atom. The second-order valence-corrected chi connectivity index (χ2v) is 7.14. The van der Waals surface area contributed by atoms with Crippen molar-refractivity contribution < 1.29 is 20.8 Å². The maximum atomic E-state index is 4.93. The predicted octanol–water partition coefficient (Wildman–Crippen LogP) is 5.14. The van der Waals surface area contributed by atoms with Crippen LogP contribution in [0.1, 0.15) is 34.6 Å². The van der Waals surface area contributed by atoms with Gasteiger partial charge in [0.05, 0.1) is 0 Å². The molecule has 3 heteroatoms. The summed E-state index contributed by atoms with van der Waals surface area (Å²) < 4.78 is 0. The third-order valence-electron chi connectivity index (χ3n) is 3.04. The van der Waals surface area contributed by atoms with E-state index in [1.54, 1.807) is 11.1 Å². The van der Waals surface area contributed by atoms with Gasteiger partial charge in [0, 0.05) is 0 Å². The van der Waals surface area contributed by atoms with Crippen molar-refractivity contribution in [3.8, 4) is 0 Å². The van der Waals surface area contributed by atoms with Crippen LogP contribution in [0.4, 0.5) is 0 Å². The van der Waals surface area contributed by atoms with Crippen molar-refractivity contribution in [1.29, 1.82) is 0 Å². The van der Waals surface area contributed by atoms with Gasteiger partial charge in [0.25, 0.3) is 0 Å². The van der Waals surface area contributed by atoms with E-state index in [2.05, 4.69) is 34.6 Å². The van der Waals surface area contributed by atoms with Crippen molar-refractivity contribution >= 4 is 17.0 Å². The number of hydrogen-bond acceptors (Lipinski definition) is 0. The summed E-state index contributed by atoms with van der Waals surface area (Å²) in [5.74, 6) is 0.694. The van der Waals surface area contributed by atoms with E-state index in [0.29, 0.717) is 5.92 Å². The molecule has 0 spiro atoms. The average Bonchev–Trinajstić information content (AvgIpc) is 2.25. The van der Waals surface area contributed by atoms with Crippen molar-refractivity contribution in [1.82, 2.24) is 0 Å². The molecule has 14 heavy (non-hydrogen) atoms. The first-order valence-corrected chi connectivity index (χ1v) is 10.6. The van der Waals surface area contributed by atoms with Crippen molar-refractivity contribution in [2.24, 2.45) is 5.92 Å². The first kappa shape index (κ1) is 17.3. The van der Waals surface area contributed by atoms with E-state index in [1.165, 1.54) is 11.1 Å². The van der Waals surface area contributed by atoms with Gasteiger partial charge in [0.15, 0.2) is 0 Å². The molecule has 0 N–H and O–H groups in total. The fraction of sp³-hybridized carbons (Fsp3) is 0.545. The standard InChI is InChI=1S/C10H16.CH3.2ClH.Zr/c1-6-7(2)9(4)10(5)8(6)3;;;;/h6H,1-5H3;1H3;2*1H;/q;-1;;;+2/p-2. The van der Waals surface area contributed by atoms with E-state index in [1.807, 2.05) is 0 Å². The van der Waals surface area contributed by atoms with E-state index in [-0.39, 0.29) is 7.43 Å². The van der Waals surface area contributed by atoms with Gasteiger partial charge in [0.2, 0.25) is 0 Å². The summed E-state index contributed by atoms with van der Waals surface area (Å²) in [6.07, 6.45) is 0. The SMILES string of the molecule is CC1=C(C)C(C)C(C)=C1C.[CH3-].[Cl][Zr][Cl]. The zero-order valence-electron chi connectivity index (χ0n) is 9.83. The van der Waals surface area contributed by atoms with Gasteiger partial charge < -0.3 is 7.43 Å². The van der Waals surface area contributed by atoms with Gasteiger partial charge in [0.1, 0.15) is 0 Å². The summed E-state index contributed by atoms with van der Waals surface area (Å²) in [7, 11) is 9.87. The van der Waals surface area contributed by atoms with E-state index in [9.17, 15) is 0 Å². The Balaban J connectivity index is 0. The van der Waals surface area contributed by atoms with Crippen LogP contribution in [0.5, 0.6) is 0 Å². The zero-order chi connectivity index (χ0) is 10.6. The second-order valence-electron chi connectivity index (χ2n) is 3.41. The topological polar surface area (TPSA) is 0 Å². The van der Waals surface area contributed by atoms with Crippen LogP contribution in [0.3, 0.4) is 0 Å². The molecule has 0 heterocycles. The molecule has 0 aliphatic heterocycles. The molecule has 0 amide bonds. The van der Waals surface area contributed by atoms with E-state index in [0.717, 1.165) is 0 Å². The number of allylic oxidation sites excluding steroid dienone is 4. The third-order valence-corrected chi connectivity index (χ3v) is 3.04. The van der Waals surface area contributed by atoms with Crippen LogP contribution in [-0.4, -0.2) is 0 Å². The van der Waals surface area contributed by atoms with Crippen molar-refractivity contribution in [3.63, 3.8) is 0 Å². The van der Waals surface area contributed by atoms with Crippen molar-refractivity contribution in [2.75, 3.05) is 0 Å². The normalized spacial score (nSPS) is 16.2. The van der Waals surface area contributed by atoms with E-state index in [4.69, 9.17) is 17.0 Å². The molecule has 0 bridgehead atoms. The third kappa shape index (κ3) is 4.21. The fourth-order valence-electron chi connectivity index (χ4n) is 1.57. The number of rotatable bonds is 0. The minimum atomic E-state index is -0.826. The first-order valence-electron chi connectivity index (χ1n) is 4.28. The summed E-state index contributed by atoms with van der Waals surface area (Å²) >= 11 is -0.826. The van der Waals surface area contributed by atoms with Gasteiger partial charge in [-0.1, -0.05) is 18.1 Å². The molecule has 1 aliphatic carbocycles. The Kier molecular flexibility index (Phi) is 10.1. The summed E-state index contributed by atoms with van der Waals surface area (Å²) in [6, 6.07) is 0. The molecular formula is C11H19Cl2Zr-. The Morgan fingerprint density at radius 2 is 1.14 bits per heavy atom. The summed E-state index contributed by atoms with van der Waals surface area (Å²) in [4.78, 5) is 0. The Morgan fingerprint density at radius 3 is 1.21 bits per heavy atom. The molecule has 0 aromatic heterocycles. The Labute approximate surface area is 107 Å². The first-order chi connectivity index (χ1) is 5.97. The quantitative estimate of drug-likeness (QED) is 0.543. The molecule has 1 aliphatic rings. The Hall–Kier alpha value is 0.943. The summed E-state index contributed by atoms with van der Waals surface area (Å²) in [5, 5.41) is 0.